The molecule has 1 aromatic rings. The average Bonchev–Trinajstić information content (AvgIpc) is 2.14. The van der Waals surface area contributed by atoms with Gasteiger partial charge in [-0.15, -0.1) is 0 Å². The molecule has 0 bridgehead atoms. The van der Waals surface area contributed by atoms with Crippen LogP contribution in [0.2, 0.25) is 0 Å². The molecule has 0 amide bonds. The van der Waals surface area contributed by atoms with Crippen molar-refractivity contribution in [2.75, 3.05) is 23.7 Å². The van der Waals surface area contributed by atoms with Gasteiger partial charge in [0.2, 0.25) is 0 Å². The summed E-state index contributed by atoms with van der Waals surface area (Å²) >= 11 is 0. The van der Waals surface area contributed by atoms with E-state index in [-0.39, 0.29) is 0 Å². The Hall–Kier alpha value is -1.39. The van der Waals surface area contributed by atoms with Crippen molar-refractivity contribution in [3.05, 3.63) is 23.8 Å². The fraction of sp³-hybridized carbons (Fsp3) is 0.500. The zero-order valence-electron chi connectivity index (χ0n) is 10.0. The first kappa shape index (κ1) is 13.7. The van der Waals surface area contributed by atoms with Gasteiger partial charge in [-0.25, -0.2) is 0 Å². The number of nitrogens with zero attached hydrogens (tertiary/aromatic N) is 1. The minimum absolute atomic E-state index is 0.340. The van der Waals surface area contributed by atoms with Crippen LogP contribution in [0.5, 0.6) is 0 Å². The van der Waals surface area contributed by atoms with Gasteiger partial charge in [0.25, 0.3) is 0 Å². The van der Waals surface area contributed by atoms with Crippen LogP contribution in [0.3, 0.4) is 0 Å². The van der Waals surface area contributed by atoms with Crippen LogP contribution in [0.4, 0.5) is 24.5 Å². The molecular formula is C12H17F3N2. The second-order valence-electron chi connectivity index (χ2n) is 4.10. The van der Waals surface area contributed by atoms with E-state index in [1.165, 1.54) is 4.90 Å². The summed E-state index contributed by atoms with van der Waals surface area (Å²) in [5.41, 5.74) is 7.55. The summed E-state index contributed by atoms with van der Waals surface area (Å²) in [5.74, 6) is 0. The summed E-state index contributed by atoms with van der Waals surface area (Å²) in [6.07, 6.45) is -3.57. The van der Waals surface area contributed by atoms with Crippen LogP contribution < -0.4 is 10.6 Å². The Labute approximate surface area is 99.2 Å². The van der Waals surface area contributed by atoms with Gasteiger partial charge in [-0.2, -0.15) is 13.2 Å². The summed E-state index contributed by atoms with van der Waals surface area (Å²) < 4.78 is 37.3. The largest absolute Gasteiger partial charge is 0.405 e. The van der Waals surface area contributed by atoms with Gasteiger partial charge in [0.15, 0.2) is 0 Å². The molecule has 0 aromatic heterocycles. The maximum Gasteiger partial charge on any atom is 0.405 e. The summed E-state index contributed by atoms with van der Waals surface area (Å²) in [6.45, 7) is 3.07. The van der Waals surface area contributed by atoms with E-state index in [1.54, 1.807) is 18.2 Å². The van der Waals surface area contributed by atoms with Gasteiger partial charge >= 0.3 is 6.18 Å². The Morgan fingerprint density at radius 2 is 1.94 bits per heavy atom. The summed E-state index contributed by atoms with van der Waals surface area (Å²) in [6, 6.07) is 5.10. The molecule has 17 heavy (non-hydrogen) atoms. The van der Waals surface area contributed by atoms with Crippen molar-refractivity contribution in [1.29, 1.82) is 0 Å². The third kappa shape index (κ3) is 4.17. The van der Waals surface area contributed by atoms with Gasteiger partial charge in [0.1, 0.15) is 6.54 Å². The second-order valence-corrected chi connectivity index (χ2v) is 4.10. The molecule has 5 heteroatoms. The SMILES string of the molecule is CCCN(CC(F)(F)F)c1ccc(C)cc1N. The molecule has 2 N–H and O–H groups in total. The first-order valence-corrected chi connectivity index (χ1v) is 5.51. The molecule has 0 aliphatic heterocycles. The van der Waals surface area contributed by atoms with Gasteiger partial charge in [0, 0.05) is 6.54 Å². The van der Waals surface area contributed by atoms with Crippen molar-refractivity contribution in [3.8, 4) is 0 Å². The molecular weight excluding hydrogens is 229 g/mol. The highest BCUT2D eigenvalue weighted by molar-refractivity contribution is 5.68. The fourth-order valence-electron chi connectivity index (χ4n) is 1.73. The first-order valence-electron chi connectivity index (χ1n) is 5.51. The Morgan fingerprint density at radius 1 is 1.29 bits per heavy atom. The number of hydrogen-bond donors (Lipinski definition) is 1. The topological polar surface area (TPSA) is 29.3 Å². The first-order chi connectivity index (χ1) is 7.83. The van der Waals surface area contributed by atoms with E-state index in [4.69, 9.17) is 5.73 Å². The molecule has 2 nitrogen and oxygen atoms in total. The van der Waals surface area contributed by atoms with Gasteiger partial charge in [-0.05, 0) is 31.0 Å². The van der Waals surface area contributed by atoms with Crippen molar-refractivity contribution in [2.24, 2.45) is 0 Å². The fourth-order valence-corrected chi connectivity index (χ4v) is 1.73. The van der Waals surface area contributed by atoms with Crippen LogP contribution in [0.15, 0.2) is 18.2 Å². The van der Waals surface area contributed by atoms with Gasteiger partial charge in [0.05, 0.1) is 11.4 Å². The smallest absolute Gasteiger partial charge is 0.397 e. The number of aryl methyl sites for hydroxylation is 1. The van der Waals surface area contributed by atoms with Crippen LogP contribution in [-0.4, -0.2) is 19.3 Å². The van der Waals surface area contributed by atoms with Crippen molar-refractivity contribution in [3.63, 3.8) is 0 Å². The third-order valence-corrected chi connectivity index (χ3v) is 2.39. The van der Waals surface area contributed by atoms with E-state index >= 15 is 0 Å². The number of anilines is 2. The molecule has 0 saturated carbocycles. The lowest BCUT2D eigenvalue weighted by Crippen LogP contribution is -2.35. The highest BCUT2D eigenvalue weighted by Gasteiger charge is 2.31. The predicted octanol–water partition coefficient (Wildman–Crippen LogP) is 3.36. The predicted molar refractivity (Wildman–Crippen MR) is 64.2 cm³/mol. The maximum atomic E-state index is 12.4. The van der Waals surface area contributed by atoms with E-state index in [1.807, 2.05) is 13.8 Å². The second kappa shape index (κ2) is 5.29. The molecule has 0 aliphatic carbocycles. The molecule has 0 radical (unpaired) electrons. The number of nitrogens with two attached hydrogens (primary N) is 1. The Bertz CT molecular complexity index is 375. The molecule has 0 saturated heterocycles. The minimum atomic E-state index is -4.22. The number of halogens is 3. The van der Waals surface area contributed by atoms with Crippen LogP contribution in [0, 0.1) is 6.92 Å². The molecule has 96 valence electrons. The van der Waals surface area contributed by atoms with Crippen molar-refractivity contribution in [2.45, 2.75) is 26.4 Å². The zero-order valence-corrected chi connectivity index (χ0v) is 10.0. The van der Waals surface area contributed by atoms with Crippen molar-refractivity contribution < 1.29 is 13.2 Å². The summed E-state index contributed by atoms with van der Waals surface area (Å²) in [7, 11) is 0. The normalized spacial score (nSPS) is 11.6. The standard InChI is InChI=1S/C12H17F3N2/c1-3-6-17(8-12(13,14)15)11-5-4-9(2)7-10(11)16/h4-5,7H,3,6,8,16H2,1-2H3. The molecule has 0 aliphatic rings. The average molecular weight is 246 g/mol. The van der Waals surface area contributed by atoms with Gasteiger partial charge < -0.3 is 10.6 Å². The Balaban J connectivity index is 2.97. The number of benzene rings is 1. The highest BCUT2D eigenvalue weighted by Crippen LogP contribution is 2.27. The third-order valence-electron chi connectivity index (χ3n) is 2.39. The summed E-state index contributed by atoms with van der Waals surface area (Å²) in [4.78, 5) is 1.27. The van der Waals surface area contributed by atoms with E-state index in [0.29, 0.717) is 24.3 Å². The van der Waals surface area contributed by atoms with E-state index in [9.17, 15) is 13.2 Å². The maximum absolute atomic E-state index is 12.4. The van der Waals surface area contributed by atoms with E-state index in [2.05, 4.69) is 0 Å². The molecule has 0 atom stereocenters. The van der Waals surface area contributed by atoms with Gasteiger partial charge in [-0.3, -0.25) is 0 Å². The molecule has 0 spiro atoms. The van der Waals surface area contributed by atoms with Crippen LogP contribution in [-0.2, 0) is 0 Å². The molecule has 0 fully saturated rings. The number of alkyl halides is 3. The van der Waals surface area contributed by atoms with Crippen LogP contribution >= 0.6 is 0 Å². The Kier molecular flexibility index (Phi) is 4.26. The van der Waals surface area contributed by atoms with Gasteiger partial charge in [-0.1, -0.05) is 13.0 Å². The van der Waals surface area contributed by atoms with Crippen LogP contribution in [0.1, 0.15) is 18.9 Å². The van der Waals surface area contributed by atoms with Crippen molar-refractivity contribution in [1.82, 2.24) is 0 Å². The number of hydrogen-bond acceptors (Lipinski definition) is 2. The monoisotopic (exact) mass is 246 g/mol. The lowest BCUT2D eigenvalue weighted by Gasteiger charge is -2.26. The van der Waals surface area contributed by atoms with E-state index < -0.39 is 12.7 Å². The minimum Gasteiger partial charge on any atom is -0.397 e. The number of rotatable bonds is 4. The van der Waals surface area contributed by atoms with Crippen LogP contribution in [0.25, 0.3) is 0 Å². The highest BCUT2D eigenvalue weighted by atomic mass is 19.4. The summed E-state index contributed by atoms with van der Waals surface area (Å²) in [5, 5.41) is 0. The number of nitrogen functional groups attached to an aromatic ring is 1. The molecule has 0 heterocycles. The Morgan fingerprint density at radius 3 is 2.41 bits per heavy atom. The quantitative estimate of drug-likeness (QED) is 0.825. The van der Waals surface area contributed by atoms with E-state index in [0.717, 1.165) is 5.56 Å². The molecule has 0 unspecified atom stereocenters. The van der Waals surface area contributed by atoms with Crippen molar-refractivity contribution >= 4 is 11.4 Å². The zero-order chi connectivity index (χ0) is 13.1. The lowest BCUT2D eigenvalue weighted by atomic mass is 10.1. The molecule has 1 rings (SSSR count). The molecule has 1 aromatic carbocycles. The lowest BCUT2D eigenvalue weighted by molar-refractivity contribution is -0.119.